The highest BCUT2D eigenvalue weighted by Crippen LogP contribution is 2.19. The lowest BCUT2D eigenvalue weighted by molar-refractivity contribution is 0.0934. The van der Waals surface area contributed by atoms with E-state index >= 15 is 0 Å². The fourth-order valence-corrected chi connectivity index (χ4v) is 2.62. The van der Waals surface area contributed by atoms with E-state index in [2.05, 4.69) is 15.3 Å². The van der Waals surface area contributed by atoms with E-state index < -0.39 is 0 Å². The first-order valence-corrected chi connectivity index (χ1v) is 7.66. The van der Waals surface area contributed by atoms with Crippen molar-refractivity contribution < 1.29 is 4.79 Å². The van der Waals surface area contributed by atoms with Gasteiger partial charge in [-0.1, -0.05) is 25.4 Å². The molecule has 0 fully saturated rings. The number of amides is 1. The Kier molecular flexibility index (Phi) is 4.73. The lowest BCUT2D eigenvalue weighted by atomic mass is 10.1. The number of carbonyl (C=O) groups excluding carboxylic acids is 1. The van der Waals surface area contributed by atoms with Crippen molar-refractivity contribution in [1.82, 2.24) is 15.3 Å². The third-order valence-corrected chi connectivity index (χ3v) is 3.86. The minimum atomic E-state index is -0.280. The standard InChI is InChI=1S/C14H16ClN3OS/c1-8(2)13-16-6-11(15)12(18-13)14(19)17-9(3)10-4-5-20-7-10/h4-9H,1-3H3,(H,17,19). The van der Waals surface area contributed by atoms with E-state index in [0.29, 0.717) is 5.82 Å². The molecular formula is C14H16ClN3OS. The normalized spacial score (nSPS) is 12.4. The molecule has 2 aromatic heterocycles. The zero-order chi connectivity index (χ0) is 14.7. The average Bonchev–Trinajstić information content (AvgIpc) is 2.92. The molecule has 0 aromatic carbocycles. The molecule has 0 bridgehead atoms. The van der Waals surface area contributed by atoms with E-state index in [-0.39, 0.29) is 28.6 Å². The molecule has 2 rings (SSSR count). The van der Waals surface area contributed by atoms with Gasteiger partial charge in [-0.3, -0.25) is 4.79 Å². The number of rotatable bonds is 4. The van der Waals surface area contributed by atoms with Crippen molar-refractivity contribution in [2.45, 2.75) is 32.7 Å². The Balaban J connectivity index is 2.18. The summed E-state index contributed by atoms with van der Waals surface area (Å²) >= 11 is 7.62. The van der Waals surface area contributed by atoms with Gasteiger partial charge in [0, 0.05) is 5.92 Å². The molecule has 0 aliphatic rings. The van der Waals surface area contributed by atoms with Crippen LogP contribution in [0.25, 0.3) is 0 Å². The van der Waals surface area contributed by atoms with Gasteiger partial charge in [-0.25, -0.2) is 9.97 Å². The molecule has 106 valence electrons. The molecule has 0 radical (unpaired) electrons. The van der Waals surface area contributed by atoms with Crippen molar-refractivity contribution in [2.75, 3.05) is 0 Å². The highest BCUT2D eigenvalue weighted by Gasteiger charge is 2.18. The fraction of sp³-hybridized carbons (Fsp3) is 0.357. The van der Waals surface area contributed by atoms with Crippen LogP contribution in [0.4, 0.5) is 0 Å². The Morgan fingerprint density at radius 2 is 2.15 bits per heavy atom. The van der Waals surface area contributed by atoms with E-state index in [1.54, 1.807) is 11.3 Å². The van der Waals surface area contributed by atoms with E-state index in [4.69, 9.17) is 11.6 Å². The topological polar surface area (TPSA) is 54.9 Å². The second-order valence-corrected chi connectivity index (χ2v) is 6.02. The predicted molar refractivity (Wildman–Crippen MR) is 81.3 cm³/mol. The molecule has 0 aliphatic heterocycles. The maximum absolute atomic E-state index is 12.3. The lowest BCUT2D eigenvalue weighted by Gasteiger charge is -2.13. The van der Waals surface area contributed by atoms with Gasteiger partial charge in [0.15, 0.2) is 0 Å². The summed E-state index contributed by atoms with van der Waals surface area (Å²) in [5, 5.41) is 7.15. The molecule has 1 amide bonds. The molecule has 2 heterocycles. The zero-order valence-electron chi connectivity index (χ0n) is 11.6. The second-order valence-electron chi connectivity index (χ2n) is 4.83. The van der Waals surface area contributed by atoms with Crippen LogP contribution in [0.3, 0.4) is 0 Å². The minimum Gasteiger partial charge on any atom is -0.344 e. The molecule has 1 unspecified atom stereocenters. The van der Waals surface area contributed by atoms with Gasteiger partial charge < -0.3 is 5.32 Å². The number of aromatic nitrogens is 2. The molecule has 0 aliphatic carbocycles. The summed E-state index contributed by atoms with van der Waals surface area (Å²) in [4.78, 5) is 20.6. The largest absolute Gasteiger partial charge is 0.344 e. The first-order chi connectivity index (χ1) is 9.49. The summed E-state index contributed by atoms with van der Waals surface area (Å²) < 4.78 is 0. The molecule has 1 N–H and O–H groups in total. The molecule has 0 saturated carbocycles. The molecule has 1 atom stereocenters. The third-order valence-electron chi connectivity index (χ3n) is 2.88. The summed E-state index contributed by atoms with van der Waals surface area (Å²) in [6.45, 7) is 5.87. The van der Waals surface area contributed by atoms with Crippen molar-refractivity contribution in [3.8, 4) is 0 Å². The van der Waals surface area contributed by atoms with Crippen LogP contribution in [0.5, 0.6) is 0 Å². The van der Waals surface area contributed by atoms with Gasteiger partial charge in [0.05, 0.1) is 17.3 Å². The quantitative estimate of drug-likeness (QED) is 0.934. The first-order valence-electron chi connectivity index (χ1n) is 6.34. The van der Waals surface area contributed by atoms with Gasteiger partial charge in [0.25, 0.3) is 5.91 Å². The number of hydrogen-bond acceptors (Lipinski definition) is 4. The van der Waals surface area contributed by atoms with Crippen molar-refractivity contribution in [1.29, 1.82) is 0 Å². The van der Waals surface area contributed by atoms with Crippen LogP contribution in [-0.2, 0) is 0 Å². The van der Waals surface area contributed by atoms with Gasteiger partial charge in [0.2, 0.25) is 0 Å². The molecular weight excluding hydrogens is 294 g/mol. The smallest absolute Gasteiger partial charge is 0.272 e. The van der Waals surface area contributed by atoms with E-state index in [9.17, 15) is 4.79 Å². The summed E-state index contributed by atoms with van der Waals surface area (Å²) in [5.41, 5.74) is 1.30. The van der Waals surface area contributed by atoms with Crippen molar-refractivity contribution >= 4 is 28.8 Å². The summed E-state index contributed by atoms with van der Waals surface area (Å²) in [6, 6.07) is 1.90. The summed E-state index contributed by atoms with van der Waals surface area (Å²) in [6.07, 6.45) is 1.48. The number of carbonyl (C=O) groups is 1. The van der Waals surface area contributed by atoms with E-state index in [0.717, 1.165) is 5.56 Å². The molecule has 20 heavy (non-hydrogen) atoms. The minimum absolute atomic E-state index is 0.0812. The molecule has 0 saturated heterocycles. The Morgan fingerprint density at radius 3 is 2.75 bits per heavy atom. The maximum atomic E-state index is 12.3. The van der Waals surface area contributed by atoms with Crippen LogP contribution in [0, 0.1) is 0 Å². The zero-order valence-corrected chi connectivity index (χ0v) is 13.1. The van der Waals surface area contributed by atoms with E-state index in [1.165, 1.54) is 6.20 Å². The second kappa shape index (κ2) is 6.33. The van der Waals surface area contributed by atoms with Gasteiger partial charge in [-0.05, 0) is 29.3 Å². The molecule has 0 spiro atoms. The van der Waals surface area contributed by atoms with Gasteiger partial charge in [-0.2, -0.15) is 11.3 Å². The lowest BCUT2D eigenvalue weighted by Crippen LogP contribution is -2.28. The number of nitrogens with zero attached hydrogens (tertiary/aromatic N) is 2. The van der Waals surface area contributed by atoms with Crippen LogP contribution < -0.4 is 5.32 Å². The molecule has 4 nitrogen and oxygen atoms in total. The van der Waals surface area contributed by atoms with Crippen molar-refractivity contribution in [2.24, 2.45) is 0 Å². The summed E-state index contributed by atoms with van der Waals surface area (Å²) in [5.74, 6) is 0.480. The Labute approximate surface area is 127 Å². The summed E-state index contributed by atoms with van der Waals surface area (Å²) in [7, 11) is 0. The highest BCUT2D eigenvalue weighted by molar-refractivity contribution is 7.07. The average molecular weight is 310 g/mol. The number of nitrogens with one attached hydrogen (secondary N) is 1. The molecule has 6 heteroatoms. The maximum Gasteiger partial charge on any atom is 0.272 e. The van der Waals surface area contributed by atoms with Gasteiger partial charge in [0.1, 0.15) is 11.5 Å². The van der Waals surface area contributed by atoms with Gasteiger partial charge >= 0.3 is 0 Å². The molecule has 2 aromatic rings. The van der Waals surface area contributed by atoms with Gasteiger partial charge in [-0.15, -0.1) is 0 Å². The fourth-order valence-electron chi connectivity index (χ4n) is 1.69. The monoisotopic (exact) mass is 309 g/mol. The van der Waals surface area contributed by atoms with Crippen LogP contribution in [0.15, 0.2) is 23.0 Å². The van der Waals surface area contributed by atoms with Crippen molar-refractivity contribution in [3.05, 3.63) is 45.1 Å². The SMILES string of the molecule is CC(C)c1ncc(Cl)c(C(=O)NC(C)c2ccsc2)n1. The third kappa shape index (κ3) is 3.35. The van der Waals surface area contributed by atoms with Crippen LogP contribution in [0.1, 0.15) is 54.6 Å². The number of hydrogen-bond donors (Lipinski definition) is 1. The highest BCUT2D eigenvalue weighted by atomic mass is 35.5. The van der Waals surface area contributed by atoms with Crippen LogP contribution in [-0.4, -0.2) is 15.9 Å². The number of thiophene rings is 1. The Bertz CT molecular complexity index is 598. The Hall–Kier alpha value is -1.46. The Morgan fingerprint density at radius 1 is 1.40 bits per heavy atom. The van der Waals surface area contributed by atoms with Crippen molar-refractivity contribution in [3.63, 3.8) is 0 Å². The van der Waals surface area contributed by atoms with Crippen LogP contribution in [0.2, 0.25) is 5.02 Å². The number of halogens is 1. The first kappa shape index (κ1) is 14.9. The predicted octanol–water partition coefficient (Wildman–Crippen LogP) is 3.81. The van der Waals surface area contributed by atoms with E-state index in [1.807, 2.05) is 37.6 Å². The van der Waals surface area contributed by atoms with Crippen LogP contribution >= 0.6 is 22.9 Å².